The predicted octanol–water partition coefficient (Wildman–Crippen LogP) is 24.4. The second-order valence-corrected chi connectivity index (χ2v) is 38.5. The van der Waals surface area contributed by atoms with Crippen molar-refractivity contribution in [3.63, 3.8) is 0 Å². The highest BCUT2D eigenvalue weighted by molar-refractivity contribution is 6.12. The second-order valence-electron chi connectivity index (χ2n) is 38.5. The minimum Gasteiger partial charge on any atom is -0.494 e. The molecule has 0 radical (unpaired) electrons. The molecule has 0 aromatic heterocycles. The Morgan fingerprint density at radius 3 is 1.12 bits per heavy atom. The fraction of sp³-hybridized carbons (Fsp3) is 0.735. The number of allylic oxidation sites excluding steroid dienone is 2. The number of unbranched alkanes of at least 4 members (excludes halogenated alkanes) is 10. The van der Waals surface area contributed by atoms with E-state index in [-0.39, 0.29) is 93.6 Å². The number of benzene rings is 3. The fourth-order valence-corrected chi connectivity index (χ4v) is 24.2. The maximum absolute atomic E-state index is 15.1. The lowest BCUT2D eigenvalue weighted by Gasteiger charge is -2.58. The first-order valence-corrected chi connectivity index (χ1v) is 45.6. The Morgan fingerprint density at radius 1 is 0.404 bits per heavy atom. The number of amides is 4. The van der Waals surface area contributed by atoms with Crippen LogP contribution in [0, 0.1) is 92.7 Å². The van der Waals surface area contributed by atoms with Gasteiger partial charge in [0, 0.05) is 24.3 Å². The first-order chi connectivity index (χ1) is 54.8. The van der Waals surface area contributed by atoms with Crippen molar-refractivity contribution in [3.05, 3.63) is 70.8 Å². The molecule has 8 aliphatic rings. The third kappa shape index (κ3) is 20.5. The molecule has 6 fully saturated rings. The van der Waals surface area contributed by atoms with E-state index in [1.54, 1.807) is 36.4 Å². The summed E-state index contributed by atoms with van der Waals surface area (Å²) in [7, 11) is 6.05. The van der Waals surface area contributed by atoms with Crippen LogP contribution < -0.4 is 49.7 Å². The van der Waals surface area contributed by atoms with Gasteiger partial charge in [-0.15, -0.1) is 0 Å². The van der Waals surface area contributed by atoms with Crippen molar-refractivity contribution in [2.45, 2.75) is 314 Å². The molecule has 4 N–H and O–H groups in total. The Hall–Kier alpha value is -6.26. The number of nitrogens with one attached hydrogen (secondary N) is 4. The van der Waals surface area contributed by atoms with Gasteiger partial charge in [-0.25, -0.2) is 0 Å². The smallest absolute Gasteiger partial charge is 0.259 e. The highest BCUT2D eigenvalue weighted by Gasteiger charge is 2.61. The molecule has 0 spiro atoms. The van der Waals surface area contributed by atoms with Crippen molar-refractivity contribution in [2.75, 3.05) is 76.1 Å². The van der Waals surface area contributed by atoms with Crippen molar-refractivity contribution in [1.29, 1.82) is 0 Å². The van der Waals surface area contributed by atoms with E-state index in [0.29, 0.717) is 58.8 Å². The average molecular weight is 1580 g/mol. The van der Waals surface area contributed by atoms with Crippen molar-refractivity contribution in [3.8, 4) is 34.5 Å². The van der Waals surface area contributed by atoms with Crippen molar-refractivity contribution in [2.24, 2.45) is 92.7 Å². The largest absolute Gasteiger partial charge is 0.494 e. The Bertz CT molecular complexity index is 3530. The molecule has 3 aromatic carbocycles. The predicted molar refractivity (Wildman–Crippen MR) is 462 cm³/mol. The van der Waals surface area contributed by atoms with Gasteiger partial charge in [-0.1, -0.05) is 209 Å². The lowest BCUT2D eigenvalue weighted by atomic mass is 9.47. The van der Waals surface area contributed by atoms with Crippen LogP contribution in [0.15, 0.2) is 59.7 Å². The van der Waals surface area contributed by atoms with Crippen LogP contribution in [0.1, 0.15) is 322 Å². The SMILES string of the molecule is CCCCCCCCOc1cc(C(=O)Nc2cc(OC)c(NC(=O)CO[C@H]3CC[C@@]4(C)C(=CC[C@H]5[C@@H]6CC[C@H]([C@H](C)CCCC(C)C)[C@@]6(C)CC[C@@H]54)C3)cc2OC)c(OCCCCCCCC)cc1C(=O)Nc1cc(OC)c(NC(=O)CO[C@H]2CC[C@@]3(C)C(=CC[C@H]4[C@@H]5CC[C@H]([C@H](C)CCCC(C)C)[C@@]5(C)CC[C@@H]43)C2)cc1OC. The Balaban J connectivity index is 0.743. The Labute approximate surface area is 687 Å². The van der Waals surface area contributed by atoms with Gasteiger partial charge in [0.05, 0.1) is 87.7 Å². The van der Waals surface area contributed by atoms with Crippen LogP contribution in [-0.2, 0) is 19.1 Å². The fourth-order valence-electron chi connectivity index (χ4n) is 24.2. The van der Waals surface area contributed by atoms with E-state index in [1.807, 2.05) is 0 Å². The number of hydrogen-bond acceptors (Lipinski definition) is 12. The minimum atomic E-state index is -0.550. The van der Waals surface area contributed by atoms with E-state index < -0.39 is 11.8 Å². The Morgan fingerprint density at radius 2 is 0.763 bits per heavy atom. The van der Waals surface area contributed by atoms with Gasteiger partial charge in [-0.2, -0.15) is 0 Å². The number of carbonyl (C=O) groups excluding carboxylic acids is 4. The van der Waals surface area contributed by atoms with E-state index in [2.05, 4.69) is 117 Å². The molecule has 16 atom stereocenters. The molecule has 3 aromatic rings. The third-order valence-corrected chi connectivity index (χ3v) is 30.6. The first kappa shape index (κ1) is 88.5. The zero-order chi connectivity index (χ0) is 81.5. The number of rotatable bonds is 42. The normalized spacial score (nSPS) is 28.6. The summed E-state index contributed by atoms with van der Waals surface area (Å²) < 4.78 is 49.8. The summed E-state index contributed by atoms with van der Waals surface area (Å²) in [6.07, 6.45) is 44.2. The number of carbonyl (C=O) groups is 4. The van der Waals surface area contributed by atoms with Gasteiger partial charge in [0.15, 0.2) is 0 Å². The van der Waals surface area contributed by atoms with Crippen molar-refractivity contribution >= 4 is 46.4 Å². The summed E-state index contributed by atoms with van der Waals surface area (Å²) in [6, 6.07) is 9.70. The second kappa shape index (κ2) is 40.5. The topological polar surface area (TPSA) is 190 Å². The lowest BCUT2D eigenvalue weighted by molar-refractivity contribution is -0.124. The summed E-state index contributed by atoms with van der Waals surface area (Å²) in [5.74, 6) is 9.06. The van der Waals surface area contributed by atoms with Crippen LogP contribution >= 0.6 is 0 Å². The molecule has 0 unspecified atom stereocenters. The van der Waals surface area contributed by atoms with Gasteiger partial charge in [-0.3, -0.25) is 19.2 Å². The Kier molecular flexibility index (Phi) is 31.4. The van der Waals surface area contributed by atoms with E-state index in [0.717, 1.165) is 188 Å². The highest BCUT2D eigenvalue weighted by atomic mass is 16.5. The number of hydrogen-bond donors (Lipinski definition) is 4. The molecule has 6 saturated carbocycles. The third-order valence-electron chi connectivity index (χ3n) is 30.6. The average Bonchev–Trinajstić information content (AvgIpc) is 1.42. The van der Waals surface area contributed by atoms with Crippen LogP contribution in [0.25, 0.3) is 0 Å². The molecule has 0 bridgehead atoms. The van der Waals surface area contributed by atoms with Crippen molar-refractivity contribution < 1.29 is 57.1 Å². The quantitative estimate of drug-likeness (QED) is 0.0311. The molecule has 0 heterocycles. The van der Waals surface area contributed by atoms with Gasteiger partial charge in [0.1, 0.15) is 47.7 Å². The monoisotopic (exact) mass is 1580 g/mol. The molecular weight excluding hydrogens is 1430 g/mol. The lowest BCUT2D eigenvalue weighted by Crippen LogP contribution is -2.51. The van der Waals surface area contributed by atoms with Gasteiger partial charge >= 0.3 is 0 Å². The van der Waals surface area contributed by atoms with E-state index in [9.17, 15) is 9.59 Å². The maximum Gasteiger partial charge on any atom is 0.259 e. The van der Waals surface area contributed by atoms with Crippen LogP contribution in [0.4, 0.5) is 22.7 Å². The molecule has 16 heteroatoms. The van der Waals surface area contributed by atoms with Gasteiger partial charge in [-0.05, 0) is 220 Å². The van der Waals surface area contributed by atoms with Gasteiger partial charge < -0.3 is 59.2 Å². The molecule has 0 aliphatic heterocycles. The van der Waals surface area contributed by atoms with E-state index >= 15 is 9.59 Å². The highest BCUT2D eigenvalue weighted by Crippen LogP contribution is 2.70. The molecule has 16 nitrogen and oxygen atoms in total. The van der Waals surface area contributed by atoms with Gasteiger partial charge in [0.2, 0.25) is 11.8 Å². The number of fused-ring (bicyclic) bond motifs is 10. The molecule has 634 valence electrons. The maximum atomic E-state index is 15.1. The first-order valence-electron chi connectivity index (χ1n) is 45.6. The van der Waals surface area contributed by atoms with Crippen LogP contribution in [0.5, 0.6) is 34.5 Å². The molecule has 8 aliphatic carbocycles. The zero-order valence-electron chi connectivity index (χ0n) is 73.5. The summed E-state index contributed by atoms with van der Waals surface area (Å²) >= 11 is 0. The summed E-state index contributed by atoms with van der Waals surface area (Å²) in [5.41, 5.74) is 5.83. The molecule has 114 heavy (non-hydrogen) atoms. The van der Waals surface area contributed by atoms with Crippen LogP contribution in [-0.4, -0.2) is 90.7 Å². The molecule has 4 amide bonds. The molecule has 11 rings (SSSR count). The molecule has 0 saturated heterocycles. The van der Waals surface area contributed by atoms with E-state index in [1.165, 1.54) is 129 Å². The standard InChI is InChI=1S/C98H150N4O12/c1-17-19-21-23-25-27-51-111-85-55-74(94(106)102-84-60-88(108-14)82(58-90(84)110-16)100-92(104)62-114-70-44-48-96(10)68(54-70)36-38-72-78-42-40-76(66(8)34-30-32-64(5)6)98(78,12)50-46-80(72)96)86(112-52-28-26-24-22-20-18-2)56-73(85)93(105)101-83-59-87(107-13)81(57-89(83)109-15)99-91(103)61-113-69-43-47-95(9)67(53-69)35-37-71-77-41-39-75(65(7)33-29-31-63(3)4)97(77,11)49-45-79(71)95/h35-36,55-60,63-66,69-72,75-80H,17-34,37-54,61-62H2,1-16H3,(H,99,103)(H,100,104)(H,101,105)(H,102,106)/t65-,66-,69+,70+,71+,72+,75-,76-,77+,78+,79+,80+,95+,96+,97-,98-/m1/s1. The van der Waals surface area contributed by atoms with Crippen LogP contribution in [0.3, 0.4) is 0 Å². The minimum absolute atomic E-state index is 0.0556. The number of ether oxygens (including phenoxy) is 8. The number of methoxy groups -OCH3 is 4. The molecular formula is C98H150N4O12. The van der Waals surface area contributed by atoms with Crippen LogP contribution in [0.2, 0.25) is 0 Å². The number of anilines is 4. The summed E-state index contributed by atoms with van der Waals surface area (Å²) in [4.78, 5) is 58.1. The van der Waals surface area contributed by atoms with Crippen molar-refractivity contribution in [1.82, 2.24) is 0 Å². The van der Waals surface area contributed by atoms with Gasteiger partial charge in [0.25, 0.3) is 11.8 Å². The summed E-state index contributed by atoms with van der Waals surface area (Å²) in [5, 5.41) is 12.2. The van der Waals surface area contributed by atoms with E-state index in [4.69, 9.17) is 37.9 Å². The summed E-state index contributed by atoms with van der Waals surface area (Å²) in [6.45, 7) is 29.7. The zero-order valence-corrected chi connectivity index (χ0v) is 73.5.